The Morgan fingerprint density at radius 3 is 2.48 bits per heavy atom. The summed E-state index contributed by atoms with van der Waals surface area (Å²) in [6.45, 7) is 6.45. The first-order valence-corrected chi connectivity index (χ1v) is 14.8. The van der Waals surface area contributed by atoms with E-state index in [2.05, 4.69) is 34.9 Å². The highest BCUT2D eigenvalue weighted by Gasteiger charge is 2.19. The fraction of sp³-hybridized carbons (Fsp3) is 0.182. The molecule has 0 radical (unpaired) electrons. The van der Waals surface area contributed by atoms with Gasteiger partial charge in [0.15, 0.2) is 5.82 Å². The summed E-state index contributed by atoms with van der Waals surface area (Å²) in [6.07, 6.45) is 1.57. The number of ether oxygens (including phenoxy) is 2. The zero-order valence-corrected chi connectivity index (χ0v) is 26.6. The molecule has 0 spiro atoms. The average molecular weight is 665 g/mol. The fourth-order valence-electron chi connectivity index (χ4n) is 4.66. The minimum Gasteiger partial charge on any atom is -0.496 e. The molecule has 0 fully saturated rings. The molecule has 1 aromatic heterocycles. The number of aromatic nitrogens is 2. The second-order valence-corrected chi connectivity index (χ2v) is 11.8. The zero-order chi connectivity index (χ0) is 30.0. The molecule has 0 atom stereocenters. The molecule has 5 rings (SSSR count). The highest BCUT2D eigenvalue weighted by Crippen LogP contribution is 2.35. The highest BCUT2D eigenvalue weighted by atomic mass is 79.9. The Balaban J connectivity index is 1.65. The van der Waals surface area contributed by atoms with E-state index < -0.39 is 0 Å². The third-order valence-corrected chi connectivity index (χ3v) is 7.90. The number of rotatable bonds is 8. The maximum absolute atomic E-state index is 13.9. The van der Waals surface area contributed by atoms with Crippen molar-refractivity contribution >= 4 is 56.2 Å². The minimum atomic E-state index is -0.294. The molecule has 5 aromatic rings. The predicted molar refractivity (Wildman–Crippen MR) is 175 cm³/mol. The highest BCUT2D eigenvalue weighted by molar-refractivity contribution is 9.10. The number of aryl methyl sites for hydroxylation is 1. The van der Waals surface area contributed by atoms with E-state index in [-0.39, 0.29) is 11.5 Å². The lowest BCUT2D eigenvalue weighted by Gasteiger charge is -2.17. The van der Waals surface area contributed by atoms with E-state index in [9.17, 15) is 4.79 Å². The van der Waals surface area contributed by atoms with Gasteiger partial charge >= 0.3 is 0 Å². The van der Waals surface area contributed by atoms with Crippen molar-refractivity contribution in [3.05, 3.63) is 120 Å². The Morgan fingerprint density at radius 2 is 1.76 bits per heavy atom. The van der Waals surface area contributed by atoms with Crippen molar-refractivity contribution in [1.82, 2.24) is 9.66 Å². The van der Waals surface area contributed by atoms with E-state index in [1.54, 1.807) is 31.5 Å². The maximum atomic E-state index is 13.9. The normalized spacial score (nSPS) is 11.5. The average Bonchev–Trinajstić information content (AvgIpc) is 2.96. The number of nitrogens with zero attached hydrogens (tertiary/aromatic N) is 3. The van der Waals surface area contributed by atoms with Crippen LogP contribution in [0.25, 0.3) is 22.3 Å². The molecule has 214 valence electrons. The van der Waals surface area contributed by atoms with Gasteiger partial charge in [-0.3, -0.25) is 4.79 Å². The smallest absolute Gasteiger partial charge is 0.282 e. The van der Waals surface area contributed by atoms with E-state index in [1.807, 2.05) is 61.5 Å². The van der Waals surface area contributed by atoms with Crippen molar-refractivity contribution < 1.29 is 9.47 Å². The molecule has 4 aromatic carbocycles. The molecular weight excluding hydrogens is 637 g/mol. The largest absolute Gasteiger partial charge is 0.496 e. The topological polar surface area (TPSA) is 65.7 Å². The van der Waals surface area contributed by atoms with Crippen LogP contribution in [0.4, 0.5) is 0 Å². The molecule has 42 heavy (non-hydrogen) atoms. The van der Waals surface area contributed by atoms with Crippen molar-refractivity contribution in [2.75, 3.05) is 7.11 Å². The van der Waals surface area contributed by atoms with Crippen LogP contribution < -0.4 is 15.0 Å². The molecule has 0 saturated heterocycles. The van der Waals surface area contributed by atoms with Gasteiger partial charge in [-0.1, -0.05) is 61.3 Å². The number of hydrogen-bond donors (Lipinski definition) is 0. The molecular formula is C33H28BrCl2N3O3. The first-order chi connectivity index (χ1) is 20.2. The van der Waals surface area contributed by atoms with Crippen LogP contribution in [0.2, 0.25) is 10.0 Å². The van der Waals surface area contributed by atoms with Crippen molar-refractivity contribution in [2.45, 2.75) is 33.3 Å². The quantitative estimate of drug-likeness (QED) is 0.155. The third kappa shape index (κ3) is 6.24. The van der Waals surface area contributed by atoms with Gasteiger partial charge in [0.2, 0.25) is 0 Å². The number of halogens is 3. The van der Waals surface area contributed by atoms with Crippen molar-refractivity contribution in [3.8, 4) is 22.9 Å². The summed E-state index contributed by atoms with van der Waals surface area (Å²) < 4.78 is 13.8. The summed E-state index contributed by atoms with van der Waals surface area (Å²) in [4.78, 5) is 18.8. The third-order valence-electron chi connectivity index (χ3n) is 6.84. The molecule has 0 bridgehead atoms. The molecule has 0 aliphatic heterocycles. The van der Waals surface area contributed by atoms with Gasteiger partial charge in [-0.15, -0.1) is 0 Å². The van der Waals surface area contributed by atoms with E-state index in [0.29, 0.717) is 49.2 Å². The summed E-state index contributed by atoms with van der Waals surface area (Å²) in [6, 6.07) is 22.1. The summed E-state index contributed by atoms with van der Waals surface area (Å²) in [5.74, 6) is 1.93. The van der Waals surface area contributed by atoms with Gasteiger partial charge in [-0.25, -0.2) is 4.98 Å². The first kappa shape index (κ1) is 29.8. The number of fused-ring (bicyclic) bond motifs is 1. The Kier molecular flexibility index (Phi) is 9.02. The Labute approximate surface area is 262 Å². The first-order valence-electron chi connectivity index (χ1n) is 13.3. The minimum absolute atomic E-state index is 0.188. The fourth-order valence-corrected chi connectivity index (χ4v) is 5.73. The summed E-state index contributed by atoms with van der Waals surface area (Å²) in [7, 11) is 1.66. The van der Waals surface area contributed by atoms with Gasteiger partial charge in [0, 0.05) is 21.2 Å². The van der Waals surface area contributed by atoms with E-state index >= 15 is 0 Å². The number of para-hydroxylation sites is 1. The summed E-state index contributed by atoms with van der Waals surface area (Å²) >= 11 is 16.0. The van der Waals surface area contributed by atoms with Gasteiger partial charge in [-0.05, 0) is 94.0 Å². The molecule has 0 aliphatic carbocycles. The lowest BCUT2D eigenvalue weighted by atomic mass is 9.96. The van der Waals surface area contributed by atoms with Crippen LogP contribution in [0.15, 0.2) is 87.2 Å². The van der Waals surface area contributed by atoms with Gasteiger partial charge in [0.25, 0.3) is 5.56 Å². The second kappa shape index (κ2) is 12.7. The van der Waals surface area contributed by atoms with Crippen LogP contribution >= 0.6 is 39.1 Å². The van der Waals surface area contributed by atoms with Gasteiger partial charge in [0.05, 0.1) is 28.7 Å². The molecule has 1 heterocycles. The molecule has 9 heteroatoms. The van der Waals surface area contributed by atoms with Crippen LogP contribution in [-0.4, -0.2) is 23.0 Å². The van der Waals surface area contributed by atoms with E-state index in [4.69, 9.17) is 37.7 Å². The van der Waals surface area contributed by atoms with Crippen molar-refractivity contribution in [2.24, 2.45) is 5.10 Å². The molecule has 6 nitrogen and oxygen atoms in total. The van der Waals surface area contributed by atoms with E-state index in [1.165, 1.54) is 4.68 Å². The second-order valence-electron chi connectivity index (χ2n) is 10.1. The van der Waals surface area contributed by atoms with Crippen molar-refractivity contribution in [1.29, 1.82) is 0 Å². The SMILES string of the molecule is COc1cc(C)c(-c2nc3ccccc3c(=O)n2N=Cc2cc(Cl)cc(Br)c2OCc2ccc(Cl)cc2)cc1C(C)C. The number of hydrogen-bond acceptors (Lipinski definition) is 5. The van der Waals surface area contributed by atoms with Crippen LogP contribution in [0, 0.1) is 6.92 Å². The lowest BCUT2D eigenvalue weighted by Crippen LogP contribution is -2.21. The molecule has 0 N–H and O–H groups in total. The molecule has 0 aliphatic rings. The monoisotopic (exact) mass is 663 g/mol. The van der Waals surface area contributed by atoms with Gasteiger partial charge in [0.1, 0.15) is 18.1 Å². The van der Waals surface area contributed by atoms with Gasteiger partial charge in [-0.2, -0.15) is 9.78 Å². The lowest BCUT2D eigenvalue weighted by molar-refractivity contribution is 0.304. The molecule has 0 saturated carbocycles. The Bertz CT molecular complexity index is 1870. The standard InChI is InChI=1S/C33H28BrCl2N3O3/c1-19(2)26-16-27(20(3)13-30(26)41-4)32-38-29-8-6-5-7-25(29)33(40)39(32)37-17-22-14-24(36)15-28(34)31(22)42-18-21-9-11-23(35)12-10-21/h5-17,19H,18H2,1-4H3. The number of benzene rings is 4. The van der Waals surface area contributed by atoms with Crippen LogP contribution in [0.5, 0.6) is 11.5 Å². The summed E-state index contributed by atoms with van der Waals surface area (Å²) in [5.41, 5.74) is 4.51. The van der Waals surface area contributed by atoms with Crippen LogP contribution in [0.3, 0.4) is 0 Å². The number of methoxy groups -OCH3 is 1. The Hall–Kier alpha value is -3.65. The van der Waals surface area contributed by atoms with E-state index in [0.717, 1.165) is 28.0 Å². The predicted octanol–water partition coefficient (Wildman–Crippen LogP) is 9.03. The van der Waals surface area contributed by atoms with Crippen LogP contribution in [-0.2, 0) is 6.61 Å². The van der Waals surface area contributed by atoms with Crippen molar-refractivity contribution in [3.63, 3.8) is 0 Å². The zero-order valence-electron chi connectivity index (χ0n) is 23.5. The molecule has 0 unspecified atom stereocenters. The maximum Gasteiger partial charge on any atom is 0.282 e. The van der Waals surface area contributed by atoms with Crippen LogP contribution in [0.1, 0.15) is 42.0 Å². The summed E-state index contributed by atoms with van der Waals surface area (Å²) in [5, 5.41) is 6.27. The Morgan fingerprint density at radius 1 is 1.02 bits per heavy atom. The molecule has 0 amide bonds. The van der Waals surface area contributed by atoms with Gasteiger partial charge < -0.3 is 9.47 Å².